The van der Waals surface area contributed by atoms with Crippen LogP contribution < -0.4 is 0 Å². The maximum absolute atomic E-state index is 12.6. The molecule has 0 fully saturated rings. The van der Waals surface area contributed by atoms with E-state index in [4.69, 9.17) is 0 Å². The van der Waals surface area contributed by atoms with Crippen molar-refractivity contribution >= 4 is 21.4 Å². The van der Waals surface area contributed by atoms with Crippen molar-refractivity contribution in [3.8, 4) is 0 Å². The van der Waals surface area contributed by atoms with Crippen LogP contribution in [0.2, 0.25) is 0 Å². The number of hydrogen-bond acceptors (Lipinski definition) is 5. The molecule has 6 nitrogen and oxygen atoms in total. The van der Waals surface area contributed by atoms with Crippen LogP contribution in [0.3, 0.4) is 0 Å². The molecule has 0 atom stereocenters. The number of hydrogen-bond donors (Lipinski definition) is 1. The molecule has 2 aromatic heterocycles. The molecule has 0 aliphatic carbocycles. The summed E-state index contributed by atoms with van der Waals surface area (Å²) in [6.45, 7) is 2.75. The van der Waals surface area contributed by atoms with Gasteiger partial charge in [-0.2, -0.15) is 4.31 Å². The average molecular weight is 329 g/mol. The smallest absolute Gasteiger partial charge is 0.244 e. The van der Waals surface area contributed by atoms with Crippen molar-refractivity contribution in [2.24, 2.45) is 0 Å². The second kappa shape index (κ2) is 6.69. The van der Waals surface area contributed by atoms with Gasteiger partial charge in [-0.1, -0.05) is 6.92 Å². The van der Waals surface area contributed by atoms with Gasteiger partial charge in [0.1, 0.15) is 4.90 Å². The molecule has 0 aliphatic rings. The van der Waals surface area contributed by atoms with Crippen LogP contribution in [0.25, 0.3) is 0 Å². The molecule has 0 radical (unpaired) electrons. The lowest BCUT2D eigenvalue weighted by Gasteiger charge is -2.14. The second-order valence-electron chi connectivity index (χ2n) is 4.76. The van der Waals surface area contributed by atoms with E-state index < -0.39 is 10.0 Å². The minimum Gasteiger partial charge on any atom is -0.390 e. The lowest BCUT2D eigenvalue weighted by Crippen LogP contribution is -2.26. The summed E-state index contributed by atoms with van der Waals surface area (Å²) in [7, 11) is -2.05. The number of aliphatic hydroxyl groups is 1. The van der Waals surface area contributed by atoms with Crippen molar-refractivity contribution < 1.29 is 13.5 Å². The Labute approximate surface area is 128 Å². The molecule has 0 aromatic carbocycles. The number of aliphatic hydroxyl groups excluding tert-OH is 1. The Hall–Kier alpha value is -1.22. The van der Waals surface area contributed by atoms with E-state index in [2.05, 4.69) is 4.98 Å². The fourth-order valence-electron chi connectivity index (χ4n) is 2.06. The highest BCUT2D eigenvalue weighted by molar-refractivity contribution is 7.89. The molecule has 0 saturated heterocycles. The van der Waals surface area contributed by atoms with Crippen molar-refractivity contribution in [1.82, 2.24) is 13.9 Å². The first-order valence-electron chi connectivity index (χ1n) is 6.62. The Balaban J connectivity index is 2.26. The van der Waals surface area contributed by atoms with E-state index in [0.29, 0.717) is 12.2 Å². The molecule has 8 heteroatoms. The monoisotopic (exact) mass is 329 g/mol. The highest BCUT2D eigenvalue weighted by Crippen LogP contribution is 2.20. The molecular weight excluding hydrogens is 310 g/mol. The summed E-state index contributed by atoms with van der Waals surface area (Å²) in [6, 6.07) is 1.53. The van der Waals surface area contributed by atoms with Crippen LogP contribution in [0.1, 0.15) is 24.7 Å². The third kappa shape index (κ3) is 3.52. The molecule has 0 saturated carbocycles. The predicted octanol–water partition coefficient (Wildman–Crippen LogP) is 1.67. The van der Waals surface area contributed by atoms with Gasteiger partial charge in [-0.25, -0.2) is 13.4 Å². The minimum absolute atomic E-state index is 0.175. The molecule has 0 aliphatic heterocycles. The fourth-order valence-corrected chi connectivity index (χ4v) is 3.81. The van der Waals surface area contributed by atoms with E-state index in [1.54, 1.807) is 16.3 Å². The van der Waals surface area contributed by atoms with Crippen LogP contribution in [-0.2, 0) is 29.7 Å². The Morgan fingerprint density at radius 2 is 2.24 bits per heavy atom. The Kier molecular flexibility index (Phi) is 5.15. The first-order valence-corrected chi connectivity index (χ1v) is 9.00. The molecule has 116 valence electrons. The second-order valence-corrected chi connectivity index (χ2v) is 7.52. The molecule has 2 rings (SSSR count). The zero-order valence-corrected chi connectivity index (χ0v) is 13.7. The van der Waals surface area contributed by atoms with Crippen LogP contribution >= 0.6 is 11.3 Å². The van der Waals surface area contributed by atoms with E-state index in [1.807, 2.05) is 12.3 Å². The van der Waals surface area contributed by atoms with Crippen molar-refractivity contribution in [2.45, 2.75) is 37.9 Å². The van der Waals surface area contributed by atoms with Crippen molar-refractivity contribution in [1.29, 1.82) is 0 Å². The molecule has 0 amide bonds. The molecule has 0 bridgehead atoms. The van der Waals surface area contributed by atoms with Crippen LogP contribution in [0.4, 0.5) is 0 Å². The molecule has 2 aromatic rings. The van der Waals surface area contributed by atoms with E-state index in [1.165, 1.54) is 28.8 Å². The van der Waals surface area contributed by atoms with Crippen LogP contribution in [-0.4, -0.2) is 34.4 Å². The molecule has 2 heterocycles. The van der Waals surface area contributed by atoms with Gasteiger partial charge in [0.15, 0.2) is 0 Å². The first kappa shape index (κ1) is 16.2. The van der Waals surface area contributed by atoms with Crippen LogP contribution in [0.15, 0.2) is 28.0 Å². The van der Waals surface area contributed by atoms with Gasteiger partial charge < -0.3 is 9.67 Å². The summed E-state index contributed by atoms with van der Waals surface area (Å²) < 4.78 is 28.2. The van der Waals surface area contributed by atoms with Gasteiger partial charge in [-0.3, -0.25) is 0 Å². The molecule has 0 spiro atoms. The van der Waals surface area contributed by atoms with Gasteiger partial charge in [-0.05, 0) is 12.5 Å². The number of rotatable bonds is 7. The number of aryl methyl sites for hydroxylation is 1. The maximum atomic E-state index is 12.6. The number of sulfonamides is 1. The van der Waals surface area contributed by atoms with Gasteiger partial charge in [-0.15, -0.1) is 11.3 Å². The predicted molar refractivity (Wildman–Crippen MR) is 81.4 cm³/mol. The topological polar surface area (TPSA) is 75.4 Å². The van der Waals surface area contributed by atoms with E-state index in [-0.39, 0.29) is 18.0 Å². The van der Waals surface area contributed by atoms with E-state index >= 15 is 0 Å². The molecule has 21 heavy (non-hydrogen) atoms. The lowest BCUT2D eigenvalue weighted by molar-refractivity contribution is 0.270. The first-order chi connectivity index (χ1) is 9.98. The van der Waals surface area contributed by atoms with Gasteiger partial charge >= 0.3 is 0 Å². The number of thiazole rings is 1. The highest BCUT2D eigenvalue weighted by atomic mass is 32.2. The third-order valence-electron chi connectivity index (χ3n) is 3.16. The summed E-state index contributed by atoms with van der Waals surface area (Å²) >= 11 is 1.44. The number of aromatic nitrogens is 2. The third-order valence-corrected chi connectivity index (χ3v) is 5.57. The summed E-state index contributed by atoms with van der Waals surface area (Å²) in [6.07, 6.45) is 2.46. The standard InChI is InChI=1S/C13H19N3O3S2/c1-3-4-16-7-13(5-12(16)8-17)21(18,19)15(2)6-11-9-20-10-14-11/h5,7,9-10,17H,3-4,6,8H2,1-2H3. The molecular formula is C13H19N3O3S2. The van der Waals surface area contributed by atoms with Crippen molar-refractivity contribution in [2.75, 3.05) is 7.05 Å². The van der Waals surface area contributed by atoms with Crippen molar-refractivity contribution in [3.05, 3.63) is 34.5 Å². The zero-order chi connectivity index (χ0) is 15.5. The lowest BCUT2D eigenvalue weighted by atomic mass is 10.4. The van der Waals surface area contributed by atoms with Gasteiger partial charge in [0.25, 0.3) is 0 Å². The van der Waals surface area contributed by atoms with E-state index in [0.717, 1.165) is 12.1 Å². The normalized spacial score (nSPS) is 12.2. The van der Waals surface area contributed by atoms with Gasteiger partial charge in [0.05, 0.1) is 24.4 Å². The van der Waals surface area contributed by atoms with Gasteiger partial charge in [0.2, 0.25) is 10.0 Å². The quantitative estimate of drug-likeness (QED) is 0.838. The molecule has 1 N–H and O–H groups in total. The average Bonchev–Trinajstić information content (AvgIpc) is 3.08. The minimum atomic E-state index is -3.58. The summed E-state index contributed by atoms with van der Waals surface area (Å²) in [4.78, 5) is 4.31. The van der Waals surface area contributed by atoms with Crippen LogP contribution in [0.5, 0.6) is 0 Å². The highest BCUT2D eigenvalue weighted by Gasteiger charge is 2.24. The number of nitrogens with zero attached hydrogens (tertiary/aromatic N) is 3. The Morgan fingerprint density at radius 3 is 2.81 bits per heavy atom. The Morgan fingerprint density at radius 1 is 1.48 bits per heavy atom. The summed E-state index contributed by atoms with van der Waals surface area (Å²) in [5.74, 6) is 0. The zero-order valence-electron chi connectivity index (χ0n) is 12.1. The van der Waals surface area contributed by atoms with Gasteiger partial charge in [0, 0.05) is 30.9 Å². The fraction of sp³-hybridized carbons (Fsp3) is 0.462. The van der Waals surface area contributed by atoms with Crippen molar-refractivity contribution in [3.63, 3.8) is 0 Å². The maximum Gasteiger partial charge on any atom is 0.244 e. The largest absolute Gasteiger partial charge is 0.390 e. The Bertz CT molecular complexity index is 678. The molecule has 0 unspecified atom stereocenters. The summed E-state index contributed by atoms with van der Waals surface area (Å²) in [5, 5.41) is 11.2. The summed E-state index contributed by atoms with van der Waals surface area (Å²) in [5.41, 5.74) is 3.01. The van der Waals surface area contributed by atoms with Crippen LogP contribution in [0, 0.1) is 0 Å². The SMILES string of the molecule is CCCn1cc(S(=O)(=O)N(C)Cc2cscn2)cc1CO. The van der Waals surface area contributed by atoms with E-state index in [9.17, 15) is 13.5 Å².